The summed E-state index contributed by atoms with van der Waals surface area (Å²) in [5.74, 6) is 0.836. The van der Waals surface area contributed by atoms with Crippen LogP contribution in [-0.2, 0) is 6.61 Å². The Labute approximate surface area is 162 Å². The van der Waals surface area contributed by atoms with Gasteiger partial charge in [0.05, 0.1) is 6.04 Å². The van der Waals surface area contributed by atoms with Crippen LogP contribution in [0.25, 0.3) is 5.65 Å². The average Bonchev–Trinajstić information content (AvgIpc) is 3.17. The summed E-state index contributed by atoms with van der Waals surface area (Å²) in [6, 6.07) is 18.4. The van der Waals surface area contributed by atoms with E-state index >= 15 is 0 Å². The van der Waals surface area contributed by atoms with Crippen molar-refractivity contribution in [2.45, 2.75) is 19.6 Å². The molecule has 140 valence electrons. The van der Waals surface area contributed by atoms with Gasteiger partial charge < -0.3 is 10.1 Å². The number of pyridine rings is 2. The van der Waals surface area contributed by atoms with Crippen LogP contribution in [0.3, 0.4) is 0 Å². The number of rotatable bonds is 6. The Kier molecular flexibility index (Phi) is 4.97. The first-order chi connectivity index (χ1) is 13.7. The fourth-order valence-corrected chi connectivity index (χ4v) is 2.86. The van der Waals surface area contributed by atoms with E-state index in [4.69, 9.17) is 4.74 Å². The van der Waals surface area contributed by atoms with Gasteiger partial charge in [0, 0.05) is 24.0 Å². The lowest BCUT2D eigenvalue weighted by molar-refractivity contribution is 0.0937. The van der Waals surface area contributed by atoms with E-state index in [0.29, 0.717) is 23.9 Å². The molecular formula is C21H19N5O2. The molecule has 1 atom stereocenters. The predicted molar refractivity (Wildman–Crippen MR) is 104 cm³/mol. The number of ether oxygens (including phenoxy) is 1. The van der Waals surface area contributed by atoms with Gasteiger partial charge in [-0.1, -0.05) is 36.4 Å². The summed E-state index contributed by atoms with van der Waals surface area (Å²) in [4.78, 5) is 16.8. The molecule has 1 N–H and O–H groups in total. The summed E-state index contributed by atoms with van der Waals surface area (Å²) in [5.41, 5.74) is 2.24. The van der Waals surface area contributed by atoms with Crippen LogP contribution in [0.15, 0.2) is 73.1 Å². The molecule has 3 heterocycles. The lowest BCUT2D eigenvalue weighted by atomic mass is 10.2. The number of hydrogen-bond donors (Lipinski definition) is 1. The minimum Gasteiger partial charge on any atom is -0.473 e. The maximum atomic E-state index is 12.7. The van der Waals surface area contributed by atoms with Crippen LogP contribution in [0.4, 0.5) is 0 Å². The third kappa shape index (κ3) is 3.83. The number of nitrogens with zero attached hydrogens (tertiary/aromatic N) is 4. The lowest BCUT2D eigenvalue weighted by Gasteiger charge is -2.13. The zero-order valence-electron chi connectivity index (χ0n) is 15.3. The van der Waals surface area contributed by atoms with Crippen molar-refractivity contribution in [2.75, 3.05) is 0 Å². The van der Waals surface area contributed by atoms with E-state index in [0.717, 1.165) is 11.2 Å². The number of benzene rings is 1. The molecule has 0 aliphatic heterocycles. The van der Waals surface area contributed by atoms with Gasteiger partial charge in [0.15, 0.2) is 11.5 Å². The molecule has 0 fully saturated rings. The van der Waals surface area contributed by atoms with Gasteiger partial charge in [-0.25, -0.2) is 4.98 Å². The number of hydrogen-bond acceptors (Lipinski definition) is 5. The molecule has 1 aromatic carbocycles. The highest BCUT2D eigenvalue weighted by Crippen LogP contribution is 2.15. The summed E-state index contributed by atoms with van der Waals surface area (Å²) in [6.45, 7) is 2.26. The van der Waals surface area contributed by atoms with E-state index in [1.54, 1.807) is 18.3 Å². The van der Waals surface area contributed by atoms with Crippen LogP contribution < -0.4 is 10.1 Å². The van der Waals surface area contributed by atoms with Crippen LogP contribution in [0.1, 0.15) is 34.7 Å². The molecule has 7 nitrogen and oxygen atoms in total. The number of fused-ring (bicyclic) bond motifs is 1. The van der Waals surface area contributed by atoms with Crippen LogP contribution >= 0.6 is 0 Å². The van der Waals surface area contributed by atoms with E-state index in [-0.39, 0.29) is 11.9 Å². The Morgan fingerprint density at radius 3 is 2.79 bits per heavy atom. The first-order valence-electron chi connectivity index (χ1n) is 8.94. The molecule has 0 bridgehead atoms. The summed E-state index contributed by atoms with van der Waals surface area (Å²) >= 11 is 0. The minimum atomic E-state index is -0.313. The highest BCUT2D eigenvalue weighted by Gasteiger charge is 2.17. The molecule has 4 rings (SSSR count). The summed E-state index contributed by atoms with van der Waals surface area (Å²) < 4.78 is 7.55. The van der Waals surface area contributed by atoms with Crippen molar-refractivity contribution in [1.29, 1.82) is 0 Å². The number of carbonyl (C=O) groups excluding carboxylic acids is 1. The molecule has 0 radical (unpaired) electrons. The molecule has 0 aliphatic rings. The molecule has 4 aromatic rings. The second-order valence-corrected chi connectivity index (χ2v) is 6.34. The third-order valence-corrected chi connectivity index (χ3v) is 4.30. The topological polar surface area (TPSA) is 81.4 Å². The summed E-state index contributed by atoms with van der Waals surface area (Å²) in [5, 5.41) is 11.2. The summed E-state index contributed by atoms with van der Waals surface area (Å²) in [6.07, 6.45) is 3.43. The molecule has 1 amide bonds. The Balaban J connectivity index is 1.44. The van der Waals surface area contributed by atoms with E-state index in [1.165, 1.54) is 0 Å². The van der Waals surface area contributed by atoms with Crippen molar-refractivity contribution in [3.8, 4) is 5.88 Å². The van der Waals surface area contributed by atoms with Gasteiger partial charge >= 0.3 is 0 Å². The molecule has 7 heteroatoms. The van der Waals surface area contributed by atoms with Crippen LogP contribution in [0, 0.1) is 0 Å². The van der Waals surface area contributed by atoms with Gasteiger partial charge in [0.2, 0.25) is 5.88 Å². The molecular weight excluding hydrogens is 354 g/mol. The van der Waals surface area contributed by atoms with Crippen LogP contribution in [0.2, 0.25) is 0 Å². The Bertz CT molecular complexity index is 1090. The average molecular weight is 373 g/mol. The monoisotopic (exact) mass is 373 g/mol. The minimum absolute atomic E-state index is 0.229. The molecule has 0 saturated carbocycles. The van der Waals surface area contributed by atoms with Crippen molar-refractivity contribution >= 4 is 11.6 Å². The predicted octanol–water partition coefficient (Wildman–Crippen LogP) is 3.19. The van der Waals surface area contributed by atoms with Gasteiger partial charge in [0.25, 0.3) is 5.91 Å². The van der Waals surface area contributed by atoms with Gasteiger partial charge in [-0.05, 0) is 30.7 Å². The Hall–Kier alpha value is -3.74. The van der Waals surface area contributed by atoms with Crippen molar-refractivity contribution < 1.29 is 9.53 Å². The van der Waals surface area contributed by atoms with Gasteiger partial charge in [-0.3, -0.25) is 9.20 Å². The van der Waals surface area contributed by atoms with Crippen molar-refractivity contribution in [3.05, 3.63) is 90.0 Å². The first-order valence-corrected chi connectivity index (χ1v) is 8.94. The van der Waals surface area contributed by atoms with Crippen molar-refractivity contribution in [1.82, 2.24) is 24.9 Å². The maximum absolute atomic E-state index is 12.7. The zero-order valence-corrected chi connectivity index (χ0v) is 15.3. The Morgan fingerprint density at radius 1 is 1.11 bits per heavy atom. The number of amides is 1. The summed E-state index contributed by atoms with van der Waals surface area (Å²) in [7, 11) is 0. The fourth-order valence-electron chi connectivity index (χ4n) is 2.86. The van der Waals surface area contributed by atoms with Gasteiger partial charge in [0.1, 0.15) is 6.61 Å². The van der Waals surface area contributed by atoms with Crippen LogP contribution in [-0.4, -0.2) is 25.5 Å². The second kappa shape index (κ2) is 7.87. The number of nitrogens with one attached hydrogen (secondary N) is 1. The molecule has 1 unspecified atom stereocenters. The molecule has 3 aromatic heterocycles. The number of aromatic nitrogens is 4. The highest BCUT2D eigenvalue weighted by atomic mass is 16.5. The van der Waals surface area contributed by atoms with E-state index < -0.39 is 0 Å². The maximum Gasteiger partial charge on any atom is 0.252 e. The highest BCUT2D eigenvalue weighted by molar-refractivity contribution is 5.94. The Morgan fingerprint density at radius 2 is 1.93 bits per heavy atom. The smallest absolute Gasteiger partial charge is 0.252 e. The zero-order chi connectivity index (χ0) is 19.3. The lowest BCUT2D eigenvalue weighted by Crippen LogP contribution is -2.28. The van der Waals surface area contributed by atoms with E-state index in [9.17, 15) is 4.79 Å². The van der Waals surface area contributed by atoms with Crippen molar-refractivity contribution in [3.63, 3.8) is 0 Å². The van der Waals surface area contributed by atoms with E-state index in [2.05, 4.69) is 20.5 Å². The van der Waals surface area contributed by atoms with Gasteiger partial charge in [-0.15, -0.1) is 10.2 Å². The fraction of sp³-hybridized carbons (Fsp3) is 0.143. The number of carbonyl (C=O) groups is 1. The SMILES string of the molecule is CC(NC(=O)c1ccnc(OCc2ccccc2)c1)c1nnc2ccccn12. The molecule has 28 heavy (non-hydrogen) atoms. The van der Waals surface area contributed by atoms with Crippen LogP contribution in [0.5, 0.6) is 5.88 Å². The largest absolute Gasteiger partial charge is 0.473 e. The second-order valence-electron chi connectivity index (χ2n) is 6.34. The molecule has 0 aliphatic carbocycles. The quantitative estimate of drug-likeness (QED) is 0.561. The van der Waals surface area contributed by atoms with E-state index in [1.807, 2.05) is 66.1 Å². The normalized spacial score (nSPS) is 11.9. The van der Waals surface area contributed by atoms with Gasteiger partial charge in [-0.2, -0.15) is 0 Å². The molecule has 0 saturated heterocycles. The van der Waals surface area contributed by atoms with Crippen molar-refractivity contribution in [2.24, 2.45) is 0 Å². The third-order valence-electron chi connectivity index (χ3n) is 4.30. The standard InChI is InChI=1S/C21H19N5O2/c1-15(20-25-24-18-9-5-6-12-26(18)20)23-21(27)17-10-11-22-19(13-17)28-14-16-7-3-2-4-8-16/h2-13,15H,14H2,1H3,(H,23,27). The molecule has 0 spiro atoms. The first kappa shape index (κ1) is 17.7.